The zero-order valence-corrected chi connectivity index (χ0v) is 13.8. The summed E-state index contributed by atoms with van der Waals surface area (Å²) in [6.45, 7) is 3.12. The SMILES string of the molecule is CCOC(=O)CCC(C#N)(CC1OCCO1)c1ccc(Cl)cc1. The zero-order valence-electron chi connectivity index (χ0n) is 13.1. The van der Waals surface area contributed by atoms with E-state index in [0.717, 1.165) is 5.56 Å². The molecular formula is C17H20ClNO4. The normalized spacial score (nSPS) is 17.4. The summed E-state index contributed by atoms with van der Waals surface area (Å²) in [7, 11) is 0. The lowest BCUT2D eigenvalue weighted by Gasteiger charge is -2.29. The van der Waals surface area contributed by atoms with Crippen molar-refractivity contribution >= 4 is 17.6 Å². The Labute approximate surface area is 141 Å². The van der Waals surface area contributed by atoms with Gasteiger partial charge in [-0.25, -0.2) is 0 Å². The van der Waals surface area contributed by atoms with E-state index in [9.17, 15) is 10.1 Å². The molecule has 0 spiro atoms. The highest BCUT2D eigenvalue weighted by Gasteiger charge is 2.37. The van der Waals surface area contributed by atoms with Crippen LogP contribution in [0.3, 0.4) is 0 Å². The van der Waals surface area contributed by atoms with Crippen LogP contribution in [0.4, 0.5) is 0 Å². The molecule has 0 bridgehead atoms. The first kappa shape index (κ1) is 17.7. The molecule has 0 saturated carbocycles. The molecule has 0 N–H and O–H groups in total. The van der Waals surface area contributed by atoms with Gasteiger partial charge in [0.1, 0.15) is 0 Å². The van der Waals surface area contributed by atoms with Crippen LogP contribution in [0, 0.1) is 11.3 Å². The molecule has 1 aliphatic heterocycles. The molecule has 23 heavy (non-hydrogen) atoms. The number of esters is 1. The van der Waals surface area contributed by atoms with Crippen molar-refractivity contribution in [2.45, 2.75) is 37.9 Å². The van der Waals surface area contributed by atoms with Crippen molar-refractivity contribution in [1.29, 1.82) is 5.26 Å². The van der Waals surface area contributed by atoms with Gasteiger partial charge < -0.3 is 14.2 Å². The van der Waals surface area contributed by atoms with Crippen molar-refractivity contribution in [3.05, 3.63) is 34.9 Å². The molecule has 1 atom stereocenters. The average Bonchev–Trinajstić information content (AvgIpc) is 3.05. The smallest absolute Gasteiger partial charge is 0.305 e. The van der Waals surface area contributed by atoms with Crippen LogP contribution in [0.15, 0.2) is 24.3 Å². The Morgan fingerprint density at radius 1 is 1.39 bits per heavy atom. The van der Waals surface area contributed by atoms with Crippen LogP contribution in [-0.2, 0) is 24.4 Å². The van der Waals surface area contributed by atoms with Crippen LogP contribution in [-0.4, -0.2) is 32.1 Å². The van der Waals surface area contributed by atoms with Gasteiger partial charge in [0.2, 0.25) is 0 Å². The van der Waals surface area contributed by atoms with E-state index in [1.165, 1.54) is 0 Å². The fourth-order valence-corrected chi connectivity index (χ4v) is 2.78. The van der Waals surface area contributed by atoms with Gasteiger partial charge in [0.05, 0.1) is 31.3 Å². The third-order valence-corrected chi connectivity index (χ3v) is 4.13. The van der Waals surface area contributed by atoms with E-state index in [4.69, 9.17) is 25.8 Å². The molecule has 1 aromatic rings. The summed E-state index contributed by atoms with van der Waals surface area (Å²) in [5, 5.41) is 10.5. The van der Waals surface area contributed by atoms with E-state index >= 15 is 0 Å². The second kappa shape index (κ2) is 8.30. The number of ether oxygens (including phenoxy) is 3. The maximum atomic E-state index is 11.7. The standard InChI is InChI=1S/C17H20ClNO4/c1-2-21-15(20)7-8-17(12-19,11-16-22-9-10-23-16)13-3-5-14(18)6-4-13/h3-6,16H,2,7-11H2,1H3. The van der Waals surface area contributed by atoms with Crippen LogP contribution in [0.5, 0.6) is 0 Å². The van der Waals surface area contributed by atoms with Gasteiger partial charge in [0.25, 0.3) is 0 Å². The number of halogens is 1. The van der Waals surface area contributed by atoms with E-state index < -0.39 is 11.7 Å². The number of carbonyl (C=O) groups is 1. The van der Waals surface area contributed by atoms with Crippen LogP contribution in [0.1, 0.15) is 31.7 Å². The van der Waals surface area contributed by atoms with Crippen LogP contribution < -0.4 is 0 Å². The van der Waals surface area contributed by atoms with Crippen molar-refractivity contribution < 1.29 is 19.0 Å². The van der Waals surface area contributed by atoms with Gasteiger partial charge in [-0.05, 0) is 31.0 Å². The first-order valence-electron chi connectivity index (χ1n) is 7.66. The highest BCUT2D eigenvalue weighted by molar-refractivity contribution is 6.30. The molecule has 1 aromatic carbocycles. The summed E-state index contributed by atoms with van der Waals surface area (Å²) in [4.78, 5) is 11.7. The van der Waals surface area contributed by atoms with E-state index in [-0.39, 0.29) is 12.4 Å². The lowest BCUT2D eigenvalue weighted by molar-refractivity contribution is -0.143. The second-order valence-corrected chi connectivity index (χ2v) is 5.82. The molecule has 1 aliphatic rings. The lowest BCUT2D eigenvalue weighted by Crippen LogP contribution is -2.31. The molecule has 6 heteroatoms. The number of nitriles is 1. The van der Waals surface area contributed by atoms with Crippen LogP contribution >= 0.6 is 11.6 Å². The van der Waals surface area contributed by atoms with Crippen molar-refractivity contribution in [3.63, 3.8) is 0 Å². The minimum atomic E-state index is -0.883. The molecule has 124 valence electrons. The Morgan fingerprint density at radius 3 is 2.61 bits per heavy atom. The summed E-state index contributed by atoms with van der Waals surface area (Å²) < 4.78 is 16.0. The fourth-order valence-electron chi connectivity index (χ4n) is 2.66. The number of hydrogen-bond acceptors (Lipinski definition) is 5. The fraction of sp³-hybridized carbons (Fsp3) is 0.529. The predicted molar refractivity (Wildman–Crippen MR) is 84.9 cm³/mol. The number of rotatable bonds is 7. The van der Waals surface area contributed by atoms with E-state index in [2.05, 4.69) is 6.07 Å². The number of hydrogen-bond donors (Lipinski definition) is 0. The van der Waals surface area contributed by atoms with Crippen LogP contribution in [0.2, 0.25) is 5.02 Å². The lowest BCUT2D eigenvalue weighted by atomic mass is 9.75. The van der Waals surface area contributed by atoms with Gasteiger partial charge in [0, 0.05) is 17.9 Å². The monoisotopic (exact) mass is 337 g/mol. The molecule has 5 nitrogen and oxygen atoms in total. The molecular weight excluding hydrogens is 318 g/mol. The summed E-state index contributed by atoms with van der Waals surface area (Å²) in [5.74, 6) is -0.311. The molecule has 2 rings (SSSR count). The first-order valence-corrected chi connectivity index (χ1v) is 8.03. The molecule has 0 radical (unpaired) electrons. The molecule has 0 aliphatic carbocycles. The van der Waals surface area contributed by atoms with Crippen molar-refractivity contribution in [1.82, 2.24) is 0 Å². The Bertz CT molecular complexity index is 563. The maximum absolute atomic E-state index is 11.7. The minimum absolute atomic E-state index is 0.163. The molecule has 1 unspecified atom stereocenters. The minimum Gasteiger partial charge on any atom is -0.466 e. The Balaban J connectivity index is 2.21. The number of carbonyl (C=O) groups excluding carboxylic acids is 1. The summed E-state index contributed by atoms with van der Waals surface area (Å²) in [6, 6.07) is 9.47. The maximum Gasteiger partial charge on any atom is 0.305 e. The van der Waals surface area contributed by atoms with E-state index in [0.29, 0.717) is 37.7 Å². The van der Waals surface area contributed by atoms with E-state index in [1.807, 2.05) is 12.1 Å². The third-order valence-electron chi connectivity index (χ3n) is 3.88. The summed E-state index contributed by atoms with van der Waals surface area (Å²) in [6.07, 6.45) is 0.432. The largest absolute Gasteiger partial charge is 0.466 e. The number of benzene rings is 1. The van der Waals surface area contributed by atoms with Crippen LogP contribution in [0.25, 0.3) is 0 Å². The quantitative estimate of drug-likeness (QED) is 0.715. The van der Waals surface area contributed by atoms with Gasteiger partial charge in [0.15, 0.2) is 6.29 Å². The van der Waals surface area contributed by atoms with Crippen molar-refractivity contribution in [2.24, 2.45) is 0 Å². The predicted octanol–water partition coefficient (Wildman–Crippen LogP) is 3.21. The van der Waals surface area contributed by atoms with Crippen molar-refractivity contribution in [2.75, 3.05) is 19.8 Å². The molecule has 1 saturated heterocycles. The van der Waals surface area contributed by atoms with Gasteiger partial charge >= 0.3 is 5.97 Å². The third kappa shape index (κ3) is 4.68. The van der Waals surface area contributed by atoms with Gasteiger partial charge in [-0.3, -0.25) is 4.79 Å². The zero-order chi connectivity index (χ0) is 16.7. The van der Waals surface area contributed by atoms with E-state index in [1.54, 1.807) is 19.1 Å². The first-order chi connectivity index (χ1) is 11.1. The van der Waals surface area contributed by atoms with Gasteiger partial charge in [-0.2, -0.15) is 5.26 Å². The van der Waals surface area contributed by atoms with Gasteiger partial charge in [-0.15, -0.1) is 0 Å². The number of nitrogens with zero attached hydrogens (tertiary/aromatic N) is 1. The molecule has 1 heterocycles. The molecule has 1 fully saturated rings. The Morgan fingerprint density at radius 2 is 2.04 bits per heavy atom. The molecule has 0 aromatic heterocycles. The van der Waals surface area contributed by atoms with Gasteiger partial charge in [-0.1, -0.05) is 23.7 Å². The summed E-state index contributed by atoms with van der Waals surface area (Å²) in [5.41, 5.74) is -0.0837. The average molecular weight is 338 g/mol. The second-order valence-electron chi connectivity index (χ2n) is 5.38. The Hall–Kier alpha value is -1.61. The highest BCUT2D eigenvalue weighted by atomic mass is 35.5. The Kier molecular flexibility index (Phi) is 6.40. The summed E-state index contributed by atoms with van der Waals surface area (Å²) >= 11 is 5.94. The van der Waals surface area contributed by atoms with Crippen molar-refractivity contribution in [3.8, 4) is 6.07 Å². The molecule has 0 amide bonds. The topological polar surface area (TPSA) is 68.6 Å². The highest BCUT2D eigenvalue weighted by Crippen LogP contribution is 2.36.